The van der Waals surface area contributed by atoms with Crippen LogP contribution < -0.4 is 5.32 Å². The molecule has 1 fully saturated rings. The van der Waals surface area contributed by atoms with Gasteiger partial charge in [-0.3, -0.25) is 14.5 Å². The van der Waals surface area contributed by atoms with Crippen molar-refractivity contribution in [1.82, 2.24) is 15.1 Å². The molecule has 0 saturated carbocycles. The molecule has 1 aliphatic heterocycles. The SMILES string of the molecule is CN1CCN(C(C)(C)CNC(=O)CC(=O)O)CC1. The van der Waals surface area contributed by atoms with E-state index in [0.717, 1.165) is 26.2 Å². The van der Waals surface area contributed by atoms with E-state index in [1.54, 1.807) is 0 Å². The third-order valence-corrected chi connectivity index (χ3v) is 3.39. The van der Waals surface area contributed by atoms with Crippen LogP contribution in [0, 0.1) is 0 Å². The van der Waals surface area contributed by atoms with Crippen LogP contribution in [0.25, 0.3) is 0 Å². The van der Waals surface area contributed by atoms with Crippen LogP contribution in [0.15, 0.2) is 0 Å². The number of carboxylic acids is 1. The van der Waals surface area contributed by atoms with Gasteiger partial charge in [0, 0.05) is 38.3 Å². The zero-order valence-corrected chi connectivity index (χ0v) is 11.4. The molecule has 1 aliphatic rings. The Labute approximate surface area is 108 Å². The second-order valence-electron chi connectivity index (χ2n) is 5.45. The molecule has 6 nitrogen and oxygen atoms in total. The number of aliphatic carboxylic acids is 1. The Morgan fingerprint density at radius 1 is 1.22 bits per heavy atom. The molecule has 0 bridgehead atoms. The molecule has 0 aromatic carbocycles. The first-order valence-electron chi connectivity index (χ1n) is 6.23. The molecule has 104 valence electrons. The maximum absolute atomic E-state index is 11.3. The topological polar surface area (TPSA) is 72.9 Å². The van der Waals surface area contributed by atoms with Crippen LogP contribution in [0.2, 0.25) is 0 Å². The summed E-state index contributed by atoms with van der Waals surface area (Å²) in [6.07, 6.45) is -0.460. The Balaban J connectivity index is 2.39. The number of piperazine rings is 1. The Kier molecular flexibility index (Phi) is 5.10. The predicted molar refractivity (Wildman–Crippen MR) is 68.4 cm³/mol. The van der Waals surface area contributed by atoms with Gasteiger partial charge in [0.05, 0.1) is 0 Å². The largest absolute Gasteiger partial charge is 0.481 e. The molecule has 0 spiro atoms. The minimum atomic E-state index is -1.09. The molecule has 0 atom stereocenters. The van der Waals surface area contributed by atoms with E-state index >= 15 is 0 Å². The van der Waals surface area contributed by atoms with Gasteiger partial charge in [0.2, 0.25) is 5.91 Å². The lowest BCUT2D eigenvalue weighted by Gasteiger charge is -2.43. The molecule has 18 heavy (non-hydrogen) atoms. The zero-order chi connectivity index (χ0) is 13.8. The van der Waals surface area contributed by atoms with Crippen molar-refractivity contribution < 1.29 is 14.7 Å². The molecule has 1 heterocycles. The molecule has 1 saturated heterocycles. The van der Waals surface area contributed by atoms with Crippen LogP contribution in [0.3, 0.4) is 0 Å². The second-order valence-corrected chi connectivity index (χ2v) is 5.45. The molecule has 0 aromatic rings. The molecular weight excluding hydrogens is 234 g/mol. The average Bonchev–Trinajstić information content (AvgIpc) is 2.26. The number of hydrogen-bond donors (Lipinski definition) is 2. The van der Waals surface area contributed by atoms with E-state index in [9.17, 15) is 9.59 Å². The van der Waals surface area contributed by atoms with Gasteiger partial charge in [-0.05, 0) is 20.9 Å². The molecule has 1 amide bonds. The highest BCUT2D eigenvalue weighted by molar-refractivity contribution is 5.93. The normalized spacial score (nSPS) is 18.6. The van der Waals surface area contributed by atoms with E-state index in [1.165, 1.54) is 0 Å². The monoisotopic (exact) mass is 257 g/mol. The van der Waals surface area contributed by atoms with Gasteiger partial charge in [0.1, 0.15) is 6.42 Å². The Morgan fingerprint density at radius 3 is 2.28 bits per heavy atom. The summed E-state index contributed by atoms with van der Waals surface area (Å²) in [6.45, 7) is 8.59. The highest BCUT2D eigenvalue weighted by Crippen LogP contribution is 2.15. The lowest BCUT2D eigenvalue weighted by molar-refractivity contribution is -0.140. The van der Waals surface area contributed by atoms with Gasteiger partial charge in [-0.1, -0.05) is 0 Å². The van der Waals surface area contributed by atoms with Crippen molar-refractivity contribution in [2.24, 2.45) is 0 Å². The summed E-state index contributed by atoms with van der Waals surface area (Å²) in [6, 6.07) is 0. The summed E-state index contributed by atoms with van der Waals surface area (Å²) < 4.78 is 0. The van der Waals surface area contributed by atoms with Gasteiger partial charge in [0.15, 0.2) is 0 Å². The predicted octanol–water partition coefficient (Wildman–Crippen LogP) is -0.397. The molecule has 1 rings (SSSR count). The van der Waals surface area contributed by atoms with Crippen molar-refractivity contribution in [1.29, 1.82) is 0 Å². The fraction of sp³-hybridized carbons (Fsp3) is 0.833. The fourth-order valence-corrected chi connectivity index (χ4v) is 2.04. The van der Waals surface area contributed by atoms with Gasteiger partial charge in [-0.15, -0.1) is 0 Å². The van der Waals surface area contributed by atoms with E-state index < -0.39 is 18.3 Å². The summed E-state index contributed by atoms with van der Waals surface area (Å²) >= 11 is 0. The minimum Gasteiger partial charge on any atom is -0.481 e. The van der Waals surface area contributed by atoms with Crippen molar-refractivity contribution in [3.8, 4) is 0 Å². The number of likely N-dealkylation sites (N-methyl/N-ethyl adjacent to an activating group) is 1. The number of carbonyl (C=O) groups is 2. The number of rotatable bonds is 5. The maximum Gasteiger partial charge on any atom is 0.312 e. The fourth-order valence-electron chi connectivity index (χ4n) is 2.04. The Morgan fingerprint density at radius 2 is 1.78 bits per heavy atom. The zero-order valence-electron chi connectivity index (χ0n) is 11.4. The molecular formula is C12H23N3O3. The van der Waals surface area contributed by atoms with Crippen LogP contribution in [-0.4, -0.2) is 72.1 Å². The van der Waals surface area contributed by atoms with Gasteiger partial charge in [0.25, 0.3) is 0 Å². The summed E-state index contributed by atoms with van der Waals surface area (Å²) in [4.78, 5) is 26.3. The van der Waals surface area contributed by atoms with E-state index in [2.05, 4.69) is 36.0 Å². The molecule has 0 unspecified atom stereocenters. The second kappa shape index (κ2) is 6.15. The van der Waals surface area contributed by atoms with Crippen molar-refractivity contribution in [3.63, 3.8) is 0 Å². The summed E-state index contributed by atoms with van der Waals surface area (Å²) in [5, 5.41) is 11.2. The average molecular weight is 257 g/mol. The van der Waals surface area contributed by atoms with Gasteiger partial charge in [-0.25, -0.2) is 0 Å². The first kappa shape index (κ1) is 14.9. The number of carboxylic acid groups (broad SMARTS) is 1. The van der Waals surface area contributed by atoms with Crippen LogP contribution in [0.4, 0.5) is 0 Å². The number of nitrogens with one attached hydrogen (secondary N) is 1. The Hall–Kier alpha value is -1.14. The number of hydrogen-bond acceptors (Lipinski definition) is 4. The van der Waals surface area contributed by atoms with E-state index in [1.807, 2.05) is 0 Å². The van der Waals surface area contributed by atoms with E-state index in [-0.39, 0.29) is 5.54 Å². The van der Waals surface area contributed by atoms with E-state index in [0.29, 0.717) is 6.54 Å². The van der Waals surface area contributed by atoms with Gasteiger partial charge >= 0.3 is 5.97 Å². The third kappa shape index (κ3) is 4.62. The maximum atomic E-state index is 11.3. The standard InChI is InChI=1S/C12H23N3O3/c1-12(2,9-13-10(16)8-11(17)18)15-6-4-14(3)5-7-15/h4-9H2,1-3H3,(H,13,16)(H,17,18). The first-order chi connectivity index (χ1) is 8.31. The molecule has 0 aliphatic carbocycles. The van der Waals surface area contributed by atoms with Crippen LogP contribution >= 0.6 is 0 Å². The first-order valence-corrected chi connectivity index (χ1v) is 6.23. The van der Waals surface area contributed by atoms with Gasteiger partial charge in [-0.2, -0.15) is 0 Å². The minimum absolute atomic E-state index is 0.143. The van der Waals surface area contributed by atoms with Crippen molar-refractivity contribution >= 4 is 11.9 Å². The Bertz CT molecular complexity index is 310. The summed E-state index contributed by atoms with van der Waals surface area (Å²) in [7, 11) is 2.10. The van der Waals surface area contributed by atoms with Gasteiger partial charge < -0.3 is 15.3 Å². The van der Waals surface area contributed by atoms with Crippen LogP contribution in [0.5, 0.6) is 0 Å². The molecule has 6 heteroatoms. The molecule has 0 radical (unpaired) electrons. The summed E-state index contributed by atoms with van der Waals surface area (Å²) in [5.41, 5.74) is -0.143. The van der Waals surface area contributed by atoms with Crippen molar-refractivity contribution in [2.75, 3.05) is 39.8 Å². The lowest BCUT2D eigenvalue weighted by atomic mass is 10.0. The van der Waals surface area contributed by atoms with Crippen molar-refractivity contribution in [3.05, 3.63) is 0 Å². The summed E-state index contributed by atoms with van der Waals surface area (Å²) in [5.74, 6) is -1.52. The third-order valence-electron chi connectivity index (χ3n) is 3.39. The van der Waals surface area contributed by atoms with Crippen LogP contribution in [0.1, 0.15) is 20.3 Å². The molecule has 0 aromatic heterocycles. The smallest absolute Gasteiger partial charge is 0.312 e. The number of nitrogens with zero attached hydrogens (tertiary/aromatic N) is 2. The quantitative estimate of drug-likeness (QED) is 0.656. The number of amides is 1. The molecule has 2 N–H and O–H groups in total. The number of carbonyl (C=O) groups excluding carboxylic acids is 1. The highest BCUT2D eigenvalue weighted by atomic mass is 16.4. The van der Waals surface area contributed by atoms with Crippen LogP contribution in [-0.2, 0) is 9.59 Å². The van der Waals surface area contributed by atoms with E-state index in [4.69, 9.17) is 5.11 Å². The lowest BCUT2D eigenvalue weighted by Crippen LogP contribution is -2.57. The van der Waals surface area contributed by atoms with Crippen molar-refractivity contribution in [2.45, 2.75) is 25.8 Å². The highest BCUT2D eigenvalue weighted by Gasteiger charge is 2.29.